The molecule has 1 amide bonds. The van der Waals surface area contributed by atoms with Crippen LogP contribution in [0.3, 0.4) is 0 Å². The van der Waals surface area contributed by atoms with Crippen LogP contribution >= 0.6 is 11.3 Å². The van der Waals surface area contributed by atoms with Gasteiger partial charge in [-0.25, -0.2) is 4.98 Å². The number of aryl methyl sites for hydroxylation is 2. The number of rotatable bonds is 5. The first-order valence-electron chi connectivity index (χ1n) is 9.83. The van der Waals surface area contributed by atoms with Crippen molar-refractivity contribution in [3.05, 3.63) is 40.0 Å². The molecule has 0 spiro atoms. The molecule has 148 valence electrons. The Balaban J connectivity index is 1.40. The maximum Gasteiger partial charge on any atom is 0.232 e. The lowest BCUT2D eigenvalue weighted by atomic mass is 10.0. The monoisotopic (exact) mass is 398 g/mol. The molecule has 1 fully saturated rings. The van der Waals surface area contributed by atoms with Crippen LogP contribution in [0.4, 0.5) is 5.13 Å². The highest BCUT2D eigenvalue weighted by molar-refractivity contribution is 7.15. The third kappa shape index (κ3) is 4.10. The van der Waals surface area contributed by atoms with Crippen molar-refractivity contribution in [2.45, 2.75) is 59.0 Å². The van der Waals surface area contributed by atoms with E-state index in [4.69, 9.17) is 4.52 Å². The van der Waals surface area contributed by atoms with Gasteiger partial charge in [-0.3, -0.25) is 9.69 Å². The molecule has 1 saturated heterocycles. The predicted molar refractivity (Wildman–Crippen MR) is 112 cm³/mol. The fraction of sp³-hybridized carbons (Fsp3) is 0.476. The molecule has 3 aromatic rings. The second-order valence-electron chi connectivity index (χ2n) is 7.76. The van der Waals surface area contributed by atoms with Gasteiger partial charge >= 0.3 is 0 Å². The zero-order valence-electron chi connectivity index (χ0n) is 16.6. The van der Waals surface area contributed by atoms with Gasteiger partial charge < -0.3 is 9.84 Å². The summed E-state index contributed by atoms with van der Waals surface area (Å²) in [4.78, 5) is 20.6. The fourth-order valence-electron chi connectivity index (χ4n) is 3.99. The number of carbonyl (C=O) groups is 1. The normalized spacial score (nSPS) is 17.9. The summed E-state index contributed by atoms with van der Waals surface area (Å²) >= 11 is 1.55. The van der Waals surface area contributed by atoms with Crippen LogP contribution in [0.2, 0.25) is 0 Å². The summed E-state index contributed by atoms with van der Waals surface area (Å²) in [5, 5.41) is 8.60. The highest BCUT2D eigenvalue weighted by Gasteiger charge is 2.20. The Kier molecular flexibility index (Phi) is 5.46. The summed E-state index contributed by atoms with van der Waals surface area (Å²) in [6.45, 7) is 8.36. The summed E-state index contributed by atoms with van der Waals surface area (Å²) in [6.07, 6.45) is 5.89. The van der Waals surface area contributed by atoms with Crippen molar-refractivity contribution in [2.24, 2.45) is 0 Å². The standard InChI is InChI=1S/C21H26N4O2S/c1-13-8-14(2)20-17(24-27-18(20)9-13)10-19(26)23-21-22-11-16(28-21)12-25-7-5-4-6-15(25)3/h8-9,11,15H,4-7,10,12H2,1-3H3,(H,22,23,26). The molecule has 4 rings (SSSR count). The van der Waals surface area contributed by atoms with E-state index in [9.17, 15) is 4.79 Å². The Morgan fingerprint density at radius 2 is 2.21 bits per heavy atom. The first-order valence-corrected chi connectivity index (χ1v) is 10.7. The Labute approximate surface area is 168 Å². The molecule has 1 atom stereocenters. The molecule has 1 N–H and O–H groups in total. The minimum Gasteiger partial charge on any atom is -0.356 e. The van der Waals surface area contributed by atoms with E-state index in [2.05, 4.69) is 33.3 Å². The Hall–Kier alpha value is -2.25. The van der Waals surface area contributed by atoms with E-state index in [0.717, 1.165) is 35.2 Å². The van der Waals surface area contributed by atoms with Crippen molar-refractivity contribution < 1.29 is 9.32 Å². The number of carbonyl (C=O) groups excluding carboxylic acids is 1. The number of nitrogens with one attached hydrogen (secondary N) is 1. The first kappa shape index (κ1) is 19.1. The van der Waals surface area contributed by atoms with Crippen molar-refractivity contribution in [1.29, 1.82) is 0 Å². The zero-order valence-corrected chi connectivity index (χ0v) is 17.4. The van der Waals surface area contributed by atoms with Crippen molar-refractivity contribution in [3.63, 3.8) is 0 Å². The molecule has 6 nitrogen and oxygen atoms in total. The van der Waals surface area contributed by atoms with Crippen LogP contribution in [-0.4, -0.2) is 33.5 Å². The van der Waals surface area contributed by atoms with Crippen molar-refractivity contribution >= 4 is 33.3 Å². The Morgan fingerprint density at radius 1 is 1.36 bits per heavy atom. The van der Waals surface area contributed by atoms with Crippen molar-refractivity contribution in [1.82, 2.24) is 15.0 Å². The van der Waals surface area contributed by atoms with E-state index in [1.54, 1.807) is 11.3 Å². The average molecular weight is 399 g/mol. The van der Waals surface area contributed by atoms with Crippen LogP contribution in [-0.2, 0) is 17.8 Å². The van der Waals surface area contributed by atoms with Crippen LogP contribution in [0.5, 0.6) is 0 Å². The lowest BCUT2D eigenvalue weighted by Gasteiger charge is -2.32. The van der Waals surface area contributed by atoms with E-state index in [1.807, 2.05) is 26.1 Å². The molecule has 7 heteroatoms. The molecule has 0 radical (unpaired) electrons. The molecule has 28 heavy (non-hydrogen) atoms. The number of hydrogen-bond donors (Lipinski definition) is 1. The molecule has 1 aromatic carbocycles. The summed E-state index contributed by atoms with van der Waals surface area (Å²) in [5.74, 6) is -0.123. The largest absolute Gasteiger partial charge is 0.356 e. The van der Waals surface area contributed by atoms with E-state index in [-0.39, 0.29) is 12.3 Å². The maximum absolute atomic E-state index is 12.5. The lowest BCUT2D eigenvalue weighted by Crippen LogP contribution is -2.36. The zero-order chi connectivity index (χ0) is 19.7. The second kappa shape index (κ2) is 8.01. The number of hydrogen-bond acceptors (Lipinski definition) is 6. The molecule has 1 aliphatic rings. The number of aromatic nitrogens is 2. The number of anilines is 1. The molecular weight excluding hydrogens is 372 g/mol. The molecular formula is C21H26N4O2S. The van der Waals surface area contributed by atoms with E-state index < -0.39 is 0 Å². The SMILES string of the molecule is Cc1cc(C)c2c(CC(=O)Nc3ncc(CN4CCCCC4C)s3)noc2c1. The third-order valence-corrected chi connectivity index (χ3v) is 6.31. The first-order chi connectivity index (χ1) is 13.5. The van der Waals surface area contributed by atoms with Gasteiger partial charge in [-0.05, 0) is 57.4 Å². The smallest absolute Gasteiger partial charge is 0.232 e. The molecule has 0 saturated carbocycles. The number of fused-ring (bicyclic) bond motifs is 1. The predicted octanol–water partition coefficient (Wildman–Crippen LogP) is 4.46. The summed E-state index contributed by atoms with van der Waals surface area (Å²) in [7, 11) is 0. The van der Waals surface area contributed by atoms with Crippen LogP contribution in [0.1, 0.15) is 47.9 Å². The summed E-state index contributed by atoms with van der Waals surface area (Å²) in [5.41, 5.74) is 3.60. The van der Waals surface area contributed by atoms with Crippen molar-refractivity contribution in [2.75, 3.05) is 11.9 Å². The molecule has 0 bridgehead atoms. The Bertz CT molecular complexity index is 994. The van der Waals surface area contributed by atoms with Gasteiger partial charge in [0.2, 0.25) is 5.91 Å². The molecule has 1 unspecified atom stereocenters. The Morgan fingerprint density at radius 3 is 3.04 bits per heavy atom. The van der Waals surface area contributed by atoms with Gasteiger partial charge in [0.1, 0.15) is 5.69 Å². The van der Waals surface area contributed by atoms with Gasteiger partial charge in [-0.2, -0.15) is 0 Å². The van der Waals surface area contributed by atoms with Gasteiger partial charge in [0, 0.05) is 29.0 Å². The molecule has 1 aliphatic heterocycles. The average Bonchev–Trinajstić information content (AvgIpc) is 3.24. The summed E-state index contributed by atoms with van der Waals surface area (Å²) in [6, 6.07) is 4.64. The second-order valence-corrected chi connectivity index (χ2v) is 8.87. The van der Waals surface area contributed by atoms with Crippen LogP contribution in [0, 0.1) is 13.8 Å². The van der Waals surface area contributed by atoms with Crippen molar-refractivity contribution in [3.8, 4) is 0 Å². The topological polar surface area (TPSA) is 71.3 Å². The van der Waals surface area contributed by atoms with Gasteiger partial charge in [0.25, 0.3) is 0 Å². The molecule has 2 aromatic heterocycles. The van der Waals surface area contributed by atoms with E-state index in [1.165, 1.54) is 24.1 Å². The fourth-order valence-corrected chi connectivity index (χ4v) is 4.84. The third-order valence-electron chi connectivity index (χ3n) is 5.41. The van der Waals surface area contributed by atoms with Crippen LogP contribution in [0.15, 0.2) is 22.9 Å². The molecule has 0 aliphatic carbocycles. The lowest BCUT2D eigenvalue weighted by molar-refractivity contribution is -0.115. The number of benzene rings is 1. The van der Waals surface area contributed by atoms with Gasteiger partial charge in [-0.1, -0.05) is 17.6 Å². The van der Waals surface area contributed by atoms with E-state index >= 15 is 0 Å². The van der Waals surface area contributed by atoms with Crippen LogP contribution in [0.25, 0.3) is 11.0 Å². The van der Waals surface area contributed by atoms with Crippen LogP contribution < -0.4 is 5.32 Å². The quantitative estimate of drug-likeness (QED) is 0.687. The number of thiazole rings is 1. The van der Waals surface area contributed by atoms with Gasteiger partial charge in [-0.15, -0.1) is 11.3 Å². The minimum absolute atomic E-state index is 0.123. The summed E-state index contributed by atoms with van der Waals surface area (Å²) < 4.78 is 5.41. The van der Waals surface area contributed by atoms with Gasteiger partial charge in [0.05, 0.1) is 6.42 Å². The number of likely N-dealkylation sites (tertiary alicyclic amines) is 1. The number of nitrogens with zero attached hydrogens (tertiary/aromatic N) is 3. The molecule has 3 heterocycles. The number of amides is 1. The minimum atomic E-state index is -0.123. The maximum atomic E-state index is 12.5. The highest BCUT2D eigenvalue weighted by atomic mass is 32.1. The highest BCUT2D eigenvalue weighted by Crippen LogP contribution is 2.26. The number of piperidine rings is 1. The van der Waals surface area contributed by atoms with E-state index in [0.29, 0.717) is 16.9 Å². The van der Waals surface area contributed by atoms with Gasteiger partial charge in [0.15, 0.2) is 10.7 Å².